The van der Waals surface area contributed by atoms with Crippen LogP contribution in [0, 0.1) is 0 Å². The molecule has 2 aromatic rings. The van der Waals surface area contributed by atoms with E-state index in [1.807, 2.05) is 6.92 Å². The molecule has 0 aliphatic heterocycles. The molecule has 2 amide bonds. The molecule has 138 valence electrons. The fourth-order valence-electron chi connectivity index (χ4n) is 2.00. The molecule has 0 radical (unpaired) electrons. The molecule has 26 heavy (non-hydrogen) atoms. The number of aromatic nitrogens is 1. The average Bonchev–Trinajstić information content (AvgIpc) is 2.60. The molecule has 0 unspecified atom stereocenters. The number of rotatable bonds is 5. The molecule has 0 spiro atoms. The van der Waals surface area contributed by atoms with Crippen LogP contribution in [0.4, 0.5) is 18.9 Å². The maximum Gasteiger partial charge on any atom is 0.416 e. The fraction of sp³-hybridized carbons (Fsp3) is 0.235. The van der Waals surface area contributed by atoms with Gasteiger partial charge in [-0.05, 0) is 36.8 Å². The lowest BCUT2D eigenvalue weighted by atomic mass is 10.2. The van der Waals surface area contributed by atoms with Crippen LogP contribution < -0.4 is 10.6 Å². The van der Waals surface area contributed by atoms with Crippen molar-refractivity contribution in [1.82, 2.24) is 10.3 Å². The third-order valence-corrected chi connectivity index (χ3v) is 3.62. The van der Waals surface area contributed by atoms with Gasteiger partial charge in [0.15, 0.2) is 0 Å². The summed E-state index contributed by atoms with van der Waals surface area (Å²) in [6.07, 6.45) is -3.83. The number of carbonyl (C=O) groups is 2. The van der Waals surface area contributed by atoms with Gasteiger partial charge in [0.05, 0.1) is 16.3 Å². The number of amides is 2. The Morgan fingerprint density at radius 1 is 1.12 bits per heavy atom. The number of pyridine rings is 1. The van der Waals surface area contributed by atoms with Gasteiger partial charge in [0.25, 0.3) is 11.8 Å². The first-order valence-corrected chi connectivity index (χ1v) is 8.03. The minimum atomic E-state index is -4.57. The molecule has 0 aliphatic carbocycles. The first kappa shape index (κ1) is 19.7. The third-order valence-electron chi connectivity index (χ3n) is 3.29. The van der Waals surface area contributed by atoms with Crippen molar-refractivity contribution in [3.05, 3.63) is 58.4 Å². The van der Waals surface area contributed by atoms with Crippen molar-refractivity contribution in [3.8, 4) is 0 Å². The van der Waals surface area contributed by atoms with Crippen molar-refractivity contribution < 1.29 is 22.8 Å². The highest BCUT2D eigenvalue weighted by molar-refractivity contribution is 6.33. The van der Waals surface area contributed by atoms with Gasteiger partial charge < -0.3 is 10.6 Å². The zero-order valence-electron chi connectivity index (χ0n) is 13.7. The van der Waals surface area contributed by atoms with Crippen molar-refractivity contribution >= 4 is 29.1 Å². The predicted molar refractivity (Wildman–Crippen MR) is 91.3 cm³/mol. The van der Waals surface area contributed by atoms with Gasteiger partial charge >= 0.3 is 6.18 Å². The van der Waals surface area contributed by atoms with E-state index in [1.54, 1.807) is 0 Å². The van der Waals surface area contributed by atoms with Gasteiger partial charge in [0, 0.05) is 6.54 Å². The van der Waals surface area contributed by atoms with E-state index in [0.717, 1.165) is 24.6 Å². The third kappa shape index (κ3) is 4.95. The summed E-state index contributed by atoms with van der Waals surface area (Å²) in [7, 11) is 0. The zero-order chi connectivity index (χ0) is 19.3. The largest absolute Gasteiger partial charge is 0.416 e. The van der Waals surface area contributed by atoms with Gasteiger partial charge in [-0.3, -0.25) is 9.59 Å². The van der Waals surface area contributed by atoms with Gasteiger partial charge in [-0.15, -0.1) is 0 Å². The second-order valence-corrected chi connectivity index (χ2v) is 5.72. The van der Waals surface area contributed by atoms with Crippen LogP contribution in [-0.2, 0) is 6.18 Å². The van der Waals surface area contributed by atoms with Crippen molar-refractivity contribution in [1.29, 1.82) is 0 Å². The summed E-state index contributed by atoms with van der Waals surface area (Å²) in [6, 6.07) is 6.82. The Morgan fingerprint density at radius 2 is 1.77 bits per heavy atom. The number of carbonyl (C=O) groups excluding carboxylic acids is 2. The van der Waals surface area contributed by atoms with Crippen LogP contribution in [0.2, 0.25) is 5.02 Å². The molecule has 0 bridgehead atoms. The first-order valence-electron chi connectivity index (χ1n) is 7.65. The number of anilines is 1. The van der Waals surface area contributed by atoms with Gasteiger partial charge in [-0.25, -0.2) is 4.98 Å². The first-order chi connectivity index (χ1) is 12.2. The van der Waals surface area contributed by atoms with Crippen molar-refractivity contribution in [3.63, 3.8) is 0 Å². The summed E-state index contributed by atoms with van der Waals surface area (Å²) in [6.45, 7) is 2.34. The molecule has 2 rings (SSSR count). The van der Waals surface area contributed by atoms with Crippen LogP contribution in [0.1, 0.15) is 39.9 Å². The summed E-state index contributed by atoms with van der Waals surface area (Å²) in [5.41, 5.74) is -1.24. The maximum atomic E-state index is 12.8. The Kier molecular flexibility index (Phi) is 6.20. The number of halogens is 4. The standard InChI is InChI=1S/C17H15ClF3N3O2/c1-2-8-22-15(25)12-4-3-5-13(23-12)16(26)24-14-9-10(17(19,20)21)6-7-11(14)18/h3-7,9H,2,8H2,1H3,(H,22,25)(H,24,26). The van der Waals surface area contributed by atoms with Crippen molar-refractivity contribution in [2.24, 2.45) is 0 Å². The summed E-state index contributed by atoms with van der Waals surface area (Å²) >= 11 is 5.85. The molecule has 0 fully saturated rings. The molecule has 1 aromatic carbocycles. The number of hydrogen-bond acceptors (Lipinski definition) is 3. The lowest BCUT2D eigenvalue weighted by Crippen LogP contribution is -2.26. The molecule has 1 aromatic heterocycles. The Hall–Kier alpha value is -2.61. The number of alkyl halides is 3. The second kappa shape index (κ2) is 8.18. The molecule has 0 aliphatic rings. The number of benzene rings is 1. The lowest BCUT2D eigenvalue weighted by molar-refractivity contribution is -0.137. The Bertz CT molecular complexity index is 825. The minimum absolute atomic E-state index is 0.0289. The monoisotopic (exact) mass is 385 g/mol. The molecular formula is C17H15ClF3N3O2. The zero-order valence-corrected chi connectivity index (χ0v) is 14.4. The molecule has 2 N–H and O–H groups in total. The van der Waals surface area contributed by atoms with Gasteiger partial charge in [-0.1, -0.05) is 24.6 Å². The lowest BCUT2D eigenvalue weighted by Gasteiger charge is -2.11. The van der Waals surface area contributed by atoms with Crippen LogP contribution in [0.5, 0.6) is 0 Å². The summed E-state index contributed by atoms with van der Waals surface area (Å²) in [5, 5.41) is 4.85. The molecular weight excluding hydrogens is 371 g/mol. The van der Waals surface area contributed by atoms with Crippen LogP contribution in [0.3, 0.4) is 0 Å². The van der Waals surface area contributed by atoms with Gasteiger partial charge in [0.2, 0.25) is 0 Å². The molecule has 0 saturated carbocycles. The van der Waals surface area contributed by atoms with E-state index in [-0.39, 0.29) is 22.1 Å². The quantitative estimate of drug-likeness (QED) is 0.812. The van der Waals surface area contributed by atoms with Crippen LogP contribution in [-0.4, -0.2) is 23.3 Å². The fourth-order valence-corrected chi connectivity index (χ4v) is 2.17. The molecule has 5 nitrogen and oxygen atoms in total. The second-order valence-electron chi connectivity index (χ2n) is 5.31. The van der Waals surface area contributed by atoms with Crippen molar-refractivity contribution in [2.45, 2.75) is 19.5 Å². The highest BCUT2D eigenvalue weighted by atomic mass is 35.5. The minimum Gasteiger partial charge on any atom is -0.351 e. The van der Waals surface area contributed by atoms with E-state index >= 15 is 0 Å². The Morgan fingerprint density at radius 3 is 2.38 bits per heavy atom. The maximum absolute atomic E-state index is 12.8. The molecule has 0 atom stereocenters. The van der Waals surface area contributed by atoms with Crippen LogP contribution in [0.25, 0.3) is 0 Å². The highest BCUT2D eigenvalue weighted by Gasteiger charge is 2.31. The predicted octanol–water partition coefficient (Wildman–Crippen LogP) is 4.15. The number of nitrogens with one attached hydrogen (secondary N) is 2. The van der Waals surface area contributed by atoms with E-state index in [2.05, 4.69) is 15.6 Å². The van der Waals surface area contributed by atoms with E-state index in [9.17, 15) is 22.8 Å². The normalized spacial score (nSPS) is 11.1. The molecule has 0 saturated heterocycles. The average molecular weight is 386 g/mol. The van der Waals surface area contributed by atoms with Gasteiger partial charge in [0.1, 0.15) is 11.4 Å². The van der Waals surface area contributed by atoms with Crippen LogP contribution in [0.15, 0.2) is 36.4 Å². The van der Waals surface area contributed by atoms with E-state index in [4.69, 9.17) is 11.6 Å². The SMILES string of the molecule is CCCNC(=O)c1cccc(C(=O)Nc2cc(C(F)(F)F)ccc2Cl)n1. The van der Waals surface area contributed by atoms with Crippen LogP contribution >= 0.6 is 11.6 Å². The van der Waals surface area contributed by atoms with E-state index in [0.29, 0.717) is 6.54 Å². The molecule has 9 heteroatoms. The summed E-state index contributed by atoms with van der Waals surface area (Å²) in [4.78, 5) is 28.1. The molecule has 1 heterocycles. The van der Waals surface area contributed by atoms with Crippen molar-refractivity contribution in [2.75, 3.05) is 11.9 Å². The summed E-state index contributed by atoms with van der Waals surface area (Å²) < 4.78 is 38.4. The number of nitrogens with zero attached hydrogens (tertiary/aromatic N) is 1. The Labute approximate surface area is 152 Å². The van der Waals surface area contributed by atoms with E-state index in [1.165, 1.54) is 18.2 Å². The topological polar surface area (TPSA) is 71.1 Å². The van der Waals surface area contributed by atoms with E-state index < -0.39 is 23.6 Å². The smallest absolute Gasteiger partial charge is 0.351 e. The Balaban J connectivity index is 2.22. The summed E-state index contributed by atoms with van der Waals surface area (Å²) in [5.74, 6) is -1.23. The highest BCUT2D eigenvalue weighted by Crippen LogP contribution is 2.33. The van der Waals surface area contributed by atoms with Gasteiger partial charge in [-0.2, -0.15) is 13.2 Å². The number of hydrogen-bond donors (Lipinski definition) is 2.